The zero-order valence-electron chi connectivity index (χ0n) is 19.7. The number of hydrogen-bond acceptors (Lipinski definition) is 5. The third-order valence-electron chi connectivity index (χ3n) is 6.25. The van der Waals surface area contributed by atoms with Crippen LogP contribution in [0.25, 0.3) is 22.2 Å². The number of nitrogens with zero attached hydrogens (tertiary/aromatic N) is 2. The number of carbonyl (C=O) groups is 1. The minimum Gasteiger partial charge on any atom is -0.443 e. The van der Waals surface area contributed by atoms with Gasteiger partial charge in [-0.3, -0.25) is 9.78 Å². The van der Waals surface area contributed by atoms with Crippen molar-refractivity contribution in [2.75, 3.05) is 6.54 Å². The topological polar surface area (TPSA) is 80.5 Å². The first-order valence-corrected chi connectivity index (χ1v) is 13.0. The molecule has 11 heteroatoms. The smallest absolute Gasteiger partial charge is 0.416 e. The molecule has 0 amide bonds. The van der Waals surface area contributed by atoms with E-state index in [1.807, 2.05) is 0 Å². The van der Waals surface area contributed by atoms with Crippen molar-refractivity contribution in [1.82, 2.24) is 9.29 Å². The summed E-state index contributed by atoms with van der Waals surface area (Å²) in [5.74, 6) is -0.867. The number of halogens is 4. The van der Waals surface area contributed by atoms with Gasteiger partial charge in [-0.2, -0.15) is 17.5 Å². The van der Waals surface area contributed by atoms with Crippen LogP contribution in [0.1, 0.15) is 17.5 Å². The van der Waals surface area contributed by atoms with E-state index in [0.29, 0.717) is 16.6 Å². The average Bonchev–Trinajstić information content (AvgIpc) is 3.55. The Balaban J connectivity index is 1.29. The van der Waals surface area contributed by atoms with Crippen LogP contribution in [0.2, 0.25) is 0 Å². The lowest BCUT2D eigenvalue weighted by Crippen LogP contribution is -2.40. The summed E-state index contributed by atoms with van der Waals surface area (Å²) < 4.78 is 85.0. The average molecular weight is 545 g/mol. The Morgan fingerprint density at radius 1 is 1.05 bits per heavy atom. The predicted octanol–water partition coefficient (Wildman–Crippen LogP) is 5.78. The van der Waals surface area contributed by atoms with E-state index in [9.17, 15) is 30.8 Å². The SMILES string of the molecule is O=C(CCc1ccnc(-c2ccc(C(F)(F)F)cc2)c1)C1C=CCN1S(=O)(=O)c1cc2cc(F)ccc2o1. The summed E-state index contributed by atoms with van der Waals surface area (Å²) in [6, 6.07) is 11.9. The zero-order valence-corrected chi connectivity index (χ0v) is 20.5. The summed E-state index contributed by atoms with van der Waals surface area (Å²) in [7, 11) is -4.18. The quantitative estimate of drug-likeness (QED) is 0.218. The van der Waals surface area contributed by atoms with Crippen LogP contribution in [0.15, 0.2) is 88.5 Å². The molecule has 38 heavy (non-hydrogen) atoms. The van der Waals surface area contributed by atoms with Crippen LogP contribution in [0.3, 0.4) is 0 Å². The summed E-state index contributed by atoms with van der Waals surface area (Å²) in [5.41, 5.74) is 1.12. The van der Waals surface area contributed by atoms with Crippen molar-refractivity contribution in [3.05, 3.63) is 96.0 Å². The van der Waals surface area contributed by atoms with Gasteiger partial charge in [0.25, 0.3) is 10.0 Å². The van der Waals surface area contributed by atoms with E-state index in [1.165, 1.54) is 36.5 Å². The van der Waals surface area contributed by atoms with Crippen LogP contribution >= 0.6 is 0 Å². The highest BCUT2D eigenvalue weighted by Crippen LogP contribution is 2.31. The van der Waals surface area contributed by atoms with Crippen LogP contribution in [0.5, 0.6) is 0 Å². The molecule has 0 spiro atoms. The Morgan fingerprint density at radius 3 is 2.55 bits per heavy atom. The Morgan fingerprint density at radius 2 is 1.82 bits per heavy atom. The third kappa shape index (κ3) is 5.11. The first-order valence-electron chi connectivity index (χ1n) is 11.6. The van der Waals surface area contributed by atoms with Gasteiger partial charge in [0.2, 0.25) is 5.09 Å². The van der Waals surface area contributed by atoms with Crippen LogP contribution < -0.4 is 0 Å². The molecule has 2 aromatic heterocycles. The van der Waals surface area contributed by atoms with Gasteiger partial charge in [-0.25, -0.2) is 12.8 Å². The normalized spacial score (nSPS) is 16.4. The summed E-state index contributed by atoms with van der Waals surface area (Å²) in [6.45, 7) is -0.0164. The number of rotatable bonds is 7. The van der Waals surface area contributed by atoms with E-state index in [0.717, 1.165) is 34.1 Å². The van der Waals surface area contributed by atoms with E-state index in [1.54, 1.807) is 18.2 Å². The van der Waals surface area contributed by atoms with E-state index >= 15 is 0 Å². The molecule has 2 aromatic carbocycles. The van der Waals surface area contributed by atoms with Crippen molar-refractivity contribution in [1.29, 1.82) is 0 Å². The number of carbonyl (C=O) groups excluding carboxylic acids is 1. The molecule has 4 aromatic rings. The number of aryl methyl sites for hydroxylation is 1. The van der Waals surface area contributed by atoms with Gasteiger partial charge in [0.15, 0.2) is 5.78 Å². The zero-order chi connectivity index (χ0) is 27.1. The Hall–Kier alpha value is -3.83. The van der Waals surface area contributed by atoms with Crippen LogP contribution in [-0.4, -0.2) is 36.1 Å². The van der Waals surface area contributed by atoms with E-state index < -0.39 is 33.6 Å². The maximum Gasteiger partial charge on any atom is 0.416 e. The molecule has 0 aliphatic carbocycles. The van der Waals surface area contributed by atoms with Gasteiger partial charge in [-0.15, -0.1) is 0 Å². The van der Waals surface area contributed by atoms with Crippen LogP contribution in [0.4, 0.5) is 17.6 Å². The second-order valence-electron chi connectivity index (χ2n) is 8.79. The largest absolute Gasteiger partial charge is 0.443 e. The monoisotopic (exact) mass is 544 g/mol. The van der Waals surface area contributed by atoms with Crippen molar-refractivity contribution in [3.8, 4) is 11.3 Å². The van der Waals surface area contributed by atoms with Gasteiger partial charge < -0.3 is 4.42 Å². The molecule has 0 saturated carbocycles. The lowest BCUT2D eigenvalue weighted by atomic mass is 10.0. The van der Waals surface area contributed by atoms with E-state index in [-0.39, 0.29) is 35.8 Å². The molecule has 6 nitrogen and oxygen atoms in total. The van der Waals surface area contributed by atoms with Gasteiger partial charge in [0, 0.05) is 36.2 Å². The number of sulfonamides is 1. The number of pyridine rings is 1. The number of benzene rings is 2. The standard InChI is InChI=1S/C27H20F4N2O4S/c28-21-8-10-25-19(15-21)16-26(37-25)38(35,36)33-13-1-2-23(33)24(34)9-3-17-11-12-32-22(14-17)18-4-6-20(7-5-18)27(29,30)31/h1-2,4-8,10-12,14-16,23H,3,9,13H2. The van der Waals surface area contributed by atoms with Crippen molar-refractivity contribution in [2.24, 2.45) is 0 Å². The van der Waals surface area contributed by atoms with E-state index in [4.69, 9.17) is 4.42 Å². The number of Topliss-reactive ketones (excluding diaryl/α,β-unsaturated/α-hetero) is 1. The number of hydrogen-bond donors (Lipinski definition) is 0. The Labute approximate surface area is 215 Å². The highest BCUT2D eigenvalue weighted by molar-refractivity contribution is 7.89. The van der Waals surface area contributed by atoms with Gasteiger partial charge in [0.05, 0.1) is 11.3 Å². The molecule has 1 unspecified atom stereocenters. The molecule has 5 rings (SSSR count). The maximum atomic E-state index is 13.5. The van der Waals surface area contributed by atoms with Crippen LogP contribution in [0, 0.1) is 5.82 Å². The summed E-state index contributed by atoms with van der Waals surface area (Å²) in [5, 5.41) is -0.0879. The highest BCUT2D eigenvalue weighted by atomic mass is 32.2. The first kappa shape index (κ1) is 25.8. The van der Waals surface area contributed by atoms with Crippen molar-refractivity contribution in [3.63, 3.8) is 0 Å². The maximum absolute atomic E-state index is 13.5. The minimum absolute atomic E-state index is 0.0164. The lowest BCUT2D eigenvalue weighted by Gasteiger charge is -2.21. The fourth-order valence-electron chi connectivity index (χ4n) is 4.28. The summed E-state index contributed by atoms with van der Waals surface area (Å²) >= 11 is 0. The third-order valence-corrected chi connectivity index (χ3v) is 7.96. The Bertz CT molecular complexity index is 1640. The molecule has 0 N–H and O–H groups in total. The van der Waals surface area contributed by atoms with Crippen molar-refractivity contribution >= 4 is 26.8 Å². The number of alkyl halides is 3. The molecular formula is C27H20F4N2O4S. The second-order valence-corrected chi connectivity index (χ2v) is 10.6. The van der Waals surface area contributed by atoms with Crippen molar-refractivity contribution < 1.29 is 35.2 Å². The van der Waals surface area contributed by atoms with Crippen LogP contribution in [-0.2, 0) is 27.4 Å². The van der Waals surface area contributed by atoms with Crippen molar-refractivity contribution in [2.45, 2.75) is 30.2 Å². The first-order chi connectivity index (χ1) is 18.0. The van der Waals surface area contributed by atoms with E-state index in [2.05, 4.69) is 4.98 Å². The number of fused-ring (bicyclic) bond motifs is 1. The Kier molecular flexibility index (Phi) is 6.66. The molecule has 0 radical (unpaired) electrons. The molecule has 1 atom stereocenters. The molecule has 0 fully saturated rings. The molecule has 1 aliphatic rings. The molecule has 1 aliphatic heterocycles. The number of aromatic nitrogens is 1. The molecule has 196 valence electrons. The molecular weight excluding hydrogens is 524 g/mol. The molecule has 3 heterocycles. The van der Waals surface area contributed by atoms with Gasteiger partial charge >= 0.3 is 6.18 Å². The number of ketones is 1. The molecule has 0 saturated heterocycles. The predicted molar refractivity (Wildman–Crippen MR) is 131 cm³/mol. The van der Waals surface area contributed by atoms with Gasteiger partial charge in [0.1, 0.15) is 17.4 Å². The fourth-order valence-corrected chi connectivity index (χ4v) is 5.76. The second kappa shape index (κ2) is 9.80. The summed E-state index contributed by atoms with van der Waals surface area (Å²) in [6.07, 6.45) is 0.454. The number of furan rings is 1. The molecule has 0 bridgehead atoms. The minimum atomic E-state index is -4.44. The summed E-state index contributed by atoms with van der Waals surface area (Å²) in [4.78, 5) is 17.3. The van der Waals surface area contributed by atoms with Gasteiger partial charge in [-0.05, 0) is 54.4 Å². The fraction of sp³-hybridized carbons (Fsp3) is 0.185. The highest BCUT2D eigenvalue weighted by Gasteiger charge is 2.38. The van der Waals surface area contributed by atoms with Gasteiger partial charge in [-0.1, -0.05) is 24.3 Å². The lowest BCUT2D eigenvalue weighted by molar-refractivity contribution is -0.137.